The molecule has 0 amide bonds. The highest BCUT2D eigenvalue weighted by Crippen LogP contribution is 2.40. The molecule has 1 unspecified atom stereocenters. The predicted molar refractivity (Wildman–Crippen MR) is 71.3 cm³/mol. The van der Waals surface area contributed by atoms with Crippen LogP contribution < -0.4 is 0 Å². The van der Waals surface area contributed by atoms with E-state index in [0.717, 1.165) is 11.6 Å². The van der Waals surface area contributed by atoms with E-state index in [9.17, 15) is 27.1 Å². The number of halogens is 5. The number of nitrogens with zero attached hydrogens (tertiary/aromatic N) is 1. The van der Waals surface area contributed by atoms with Crippen LogP contribution in [0.2, 0.25) is 0 Å². The number of alkyl halides is 5. The van der Waals surface area contributed by atoms with Crippen molar-refractivity contribution in [3.8, 4) is 6.07 Å². The first-order valence-corrected chi connectivity index (χ1v) is 6.24. The maximum Gasteiger partial charge on any atom is 0.456 e. The second kappa shape index (κ2) is 6.05. The fraction of sp³-hybridized carbons (Fsp3) is 0.400. The molecule has 1 atom stereocenters. The molecule has 0 radical (unpaired) electrons. The van der Waals surface area contributed by atoms with E-state index in [-0.39, 0.29) is 0 Å². The summed E-state index contributed by atoms with van der Waals surface area (Å²) in [6, 6.07) is 4.62. The Hall–Kier alpha value is -1.94. The van der Waals surface area contributed by atoms with Crippen LogP contribution in [0.4, 0.5) is 22.0 Å². The van der Waals surface area contributed by atoms with E-state index in [0.29, 0.717) is 16.7 Å². The number of aliphatic hydroxyl groups excluding tert-OH is 1. The molecular weight excluding hydrogens is 305 g/mol. The Balaban J connectivity index is 3.37. The van der Waals surface area contributed by atoms with Crippen LogP contribution in [0.25, 0.3) is 6.08 Å². The lowest BCUT2D eigenvalue weighted by Crippen LogP contribution is -2.47. The third kappa shape index (κ3) is 3.45. The molecule has 120 valence electrons. The SMILES string of the molecule is Cc1cc(C)c(/C=C(\C#N)C(O)C(F)(F)C(F)(F)F)c(C)c1. The normalized spacial score (nSPS) is 14.6. The Morgan fingerprint density at radius 3 is 1.95 bits per heavy atom. The Bertz CT molecular complexity index is 617. The average Bonchev–Trinajstić information content (AvgIpc) is 2.35. The summed E-state index contributed by atoms with van der Waals surface area (Å²) >= 11 is 0. The van der Waals surface area contributed by atoms with E-state index in [1.54, 1.807) is 32.9 Å². The van der Waals surface area contributed by atoms with Gasteiger partial charge in [-0.25, -0.2) is 0 Å². The molecular formula is C15H14F5NO. The largest absolute Gasteiger partial charge is 0.456 e. The van der Waals surface area contributed by atoms with Crippen LogP contribution in [0, 0.1) is 32.1 Å². The maximum atomic E-state index is 13.2. The van der Waals surface area contributed by atoms with Crippen molar-refractivity contribution >= 4 is 6.08 Å². The van der Waals surface area contributed by atoms with Crippen molar-refractivity contribution in [2.45, 2.75) is 39.0 Å². The van der Waals surface area contributed by atoms with Gasteiger partial charge in [0.1, 0.15) is 0 Å². The molecule has 0 saturated heterocycles. The Kier molecular flexibility index (Phi) is 4.98. The summed E-state index contributed by atoms with van der Waals surface area (Å²) in [5, 5.41) is 18.2. The Labute approximate surface area is 124 Å². The van der Waals surface area contributed by atoms with Gasteiger partial charge in [0.25, 0.3) is 0 Å². The van der Waals surface area contributed by atoms with Crippen molar-refractivity contribution in [2.24, 2.45) is 0 Å². The quantitative estimate of drug-likeness (QED) is 0.674. The lowest BCUT2D eigenvalue weighted by molar-refractivity contribution is -0.306. The first-order chi connectivity index (χ1) is 9.91. The Morgan fingerprint density at radius 2 is 1.59 bits per heavy atom. The highest BCUT2D eigenvalue weighted by Gasteiger charge is 2.63. The lowest BCUT2D eigenvalue weighted by Gasteiger charge is -2.24. The molecule has 1 rings (SSSR count). The van der Waals surface area contributed by atoms with Crippen LogP contribution in [-0.2, 0) is 0 Å². The van der Waals surface area contributed by atoms with Crippen molar-refractivity contribution < 1.29 is 27.1 Å². The fourth-order valence-corrected chi connectivity index (χ4v) is 2.10. The smallest absolute Gasteiger partial charge is 0.381 e. The fourth-order valence-electron chi connectivity index (χ4n) is 2.10. The minimum atomic E-state index is -5.94. The summed E-state index contributed by atoms with van der Waals surface area (Å²) < 4.78 is 63.2. The monoisotopic (exact) mass is 319 g/mol. The molecule has 0 spiro atoms. The zero-order valence-corrected chi connectivity index (χ0v) is 12.1. The zero-order valence-electron chi connectivity index (χ0n) is 12.1. The molecule has 0 aliphatic heterocycles. The van der Waals surface area contributed by atoms with Gasteiger partial charge in [-0.1, -0.05) is 17.7 Å². The number of hydrogen-bond acceptors (Lipinski definition) is 2. The molecule has 1 aromatic carbocycles. The lowest BCUT2D eigenvalue weighted by atomic mass is 9.95. The highest BCUT2D eigenvalue weighted by atomic mass is 19.4. The van der Waals surface area contributed by atoms with Crippen LogP contribution >= 0.6 is 0 Å². The highest BCUT2D eigenvalue weighted by molar-refractivity contribution is 5.64. The first-order valence-electron chi connectivity index (χ1n) is 6.24. The standard InChI is InChI=1S/C15H14F5NO/c1-8-4-9(2)12(10(3)5-8)6-11(7-21)13(22)14(16,17)15(18,19)20/h4-6,13,22H,1-3H3/b11-6+. The van der Waals surface area contributed by atoms with Gasteiger partial charge in [-0.3, -0.25) is 0 Å². The average molecular weight is 319 g/mol. The van der Waals surface area contributed by atoms with Crippen molar-refractivity contribution in [1.29, 1.82) is 5.26 Å². The van der Waals surface area contributed by atoms with E-state index < -0.39 is 23.8 Å². The number of aryl methyl sites for hydroxylation is 3. The van der Waals surface area contributed by atoms with E-state index >= 15 is 0 Å². The minimum Gasteiger partial charge on any atom is -0.381 e. The van der Waals surface area contributed by atoms with Crippen LogP contribution in [0.3, 0.4) is 0 Å². The number of hydrogen-bond donors (Lipinski definition) is 1. The number of aliphatic hydroxyl groups is 1. The molecule has 0 bridgehead atoms. The van der Waals surface area contributed by atoms with Gasteiger partial charge in [0.2, 0.25) is 0 Å². The van der Waals surface area contributed by atoms with Gasteiger partial charge in [-0.05, 0) is 43.5 Å². The molecule has 0 aliphatic carbocycles. The van der Waals surface area contributed by atoms with Crippen LogP contribution in [0.15, 0.2) is 17.7 Å². The maximum absolute atomic E-state index is 13.2. The van der Waals surface area contributed by atoms with Crippen molar-refractivity contribution in [3.63, 3.8) is 0 Å². The third-order valence-electron chi connectivity index (χ3n) is 3.18. The molecule has 7 heteroatoms. The van der Waals surface area contributed by atoms with E-state index in [4.69, 9.17) is 5.26 Å². The molecule has 0 saturated carbocycles. The molecule has 0 fully saturated rings. The molecule has 22 heavy (non-hydrogen) atoms. The van der Waals surface area contributed by atoms with Gasteiger partial charge in [0, 0.05) is 0 Å². The summed E-state index contributed by atoms with van der Waals surface area (Å²) in [6.07, 6.45) is -8.33. The number of benzene rings is 1. The van der Waals surface area contributed by atoms with Crippen LogP contribution in [0.1, 0.15) is 22.3 Å². The zero-order chi connectivity index (χ0) is 17.3. The van der Waals surface area contributed by atoms with E-state index in [1.807, 2.05) is 0 Å². The van der Waals surface area contributed by atoms with Gasteiger partial charge in [-0.15, -0.1) is 0 Å². The van der Waals surface area contributed by atoms with Gasteiger partial charge in [-0.2, -0.15) is 27.2 Å². The summed E-state index contributed by atoms with van der Waals surface area (Å²) in [5.41, 5.74) is 1.38. The van der Waals surface area contributed by atoms with Crippen molar-refractivity contribution in [2.75, 3.05) is 0 Å². The van der Waals surface area contributed by atoms with Gasteiger partial charge >= 0.3 is 12.1 Å². The van der Waals surface area contributed by atoms with Gasteiger partial charge < -0.3 is 5.11 Å². The summed E-state index contributed by atoms with van der Waals surface area (Å²) in [7, 11) is 0. The molecule has 0 heterocycles. The van der Waals surface area contributed by atoms with Crippen molar-refractivity contribution in [3.05, 3.63) is 40.0 Å². The molecule has 1 aromatic rings. The topological polar surface area (TPSA) is 44.0 Å². The van der Waals surface area contributed by atoms with E-state index in [2.05, 4.69) is 0 Å². The second-order valence-corrected chi connectivity index (χ2v) is 5.05. The number of rotatable bonds is 3. The first kappa shape index (κ1) is 18.1. The van der Waals surface area contributed by atoms with Gasteiger partial charge in [0.15, 0.2) is 6.10 Å². The second-order valence-electron chi connectivity index (χ2n) is 5.05. The summed E-state index contributed by atoms with van der Waals surface area (Å²) in [5.74, 6) is -5.40. The third-order valence-corrected chi connectivity index (χ3v) is 3.18. The molecule has 0 aromatic heterocycles. The van der Waals surface area contributed by atoms with Crippen LogP contribution in [-0.4, -0.2) is 23.3 Å². The molecule has 1 N–H and O–H groups in total. The predicted octanol–water partition coefficient (Wildman–Crippen LogP) is 4.08. The summed E-state index contributed by atoms with van der Waals surface area (Å²) in [6.45, 7) is 5.07. The minimum absolute atomic E-state index is 0.333. The van der Waals surface area contributed by atoms with E-state index in [1.165, 1.54) is 6.07 Å². The van der Waals surface area contributed by atoms with Gasteiger partial charge in [0.05, 0.1) is 11.6 Å². The Morgan fingerprint density at radius 1 is 1.14 bits per heavy atom. The molecule has 2 nitrogen and oxygen atoms in total. The number of nitriles is 1. The van der Waals surface area contributed by atoms with Crippen LogP contribution in [0.5, 0.6) is 0 Å². The molecule has 0 aliphatic rings. The summed E-state index contributed by atoms with van der Waals surface area (Å²) in [4.78, 5) is 0. The van der Waals surface area contributed by atoms with Crippen molar-refractivity contribution in [1.82, 2.24) is 0 Å².